The number of hydrogen-bond donors (Lipinski definition) is 2. The van der Waals surface area contributed by atoms with Crippen molar-refractivity contribution in [2.24, 2.45) is 0 Å². The summed E-state index contributed by atoms with van der Waals surface area (Å²) >= 11 is 0. The van der Waals surface area contributed by atoms with Crippen molar-refractivity contribution in [3.8, 4) is 0 Å². The van der Waals surface area contributed by atoms with Crippen LogP contribution in [0.25, 0.3) is 0 Å². The SMILES string of the molecule is Cc1cccc(C(=O)NCCC(=O)Nc2ccc(S(=O)(=O)N3CCCC3)cc2)c1. The van der Waals surface area contributed by atoms with E-state index >= 15 is 0 Å². The fraction of sp³-hybridized carbons (Fsp3) is 0.333. The van der Waals surface area contributed by atoms with Gasteiger partial charge in [0.15, 0.2) is 0 Å². The van der Waals surface area contributed by atoms with Gasteiger partial charge in [0, 0.05) is 37.3 Å². The molecule has 3 rings (SSSR count). The Labute approximate surface area is 171 Å². The van der Waals surface area contributed by atoms with E-state index in [9.17, 15) is 18.0 Å². The van der Waals surface area contributed by atoms with E-state index in [2.05, 4.69) is 10.6 Å². The van der Waals surface area contributed by atoms with Gasteiger partial charge in [-0.3, -0.25) is 9.59 Å². The molecule has 8 heteroatoms. The summed E-state index contributed by atoms with van der Waals surface area (Å²) in [6, 6.07) is 13.4. The molecule has 0 aromatic heterocycles. The molecule has 0 radical (unpaired) electrons. The maximum atomic E-state index is 12.5. The van der Waals surface area contributed by atoms with E-state index in [-0.39, 0.29) is 29.7 Å². The summed E-state index contributed by atoms with van der Waals surface area (Å²) in [5.41, 5.74) is 2.06. The molecule has 7 nitrogen and oxygen atoms in total. The van der Waals surface area contributed by atoms with E-state index in [1.807, 2.05) is 19.1 Å². The number of amides is 2. The van der Waals surface area contributed by atoms with E-state index in [0.29, 0.717) is 24.3 Å². The fourth-order valence-electron chi connectivity index (χ4n) is 3.19. The predicted octanol–water partition coefficient (Wildman–Crippen LogP) is 2.54. The van der Waals surface area contributed by atoms with Gasteiger partial charge in [0.1, 0.15) is 0 Å². The van der Waals surface area contributed by atoms with Crippen molar-refractivity contribution in [3.05, 3.63) is 59.7 Å². The minimum atomic E-state index is -3.46. The Morgan fingerprint density at radius 1 is 1.03 bits per heavy atom. The predicted molar refractivity (Wildman–Crippen MR) is 111 cm³/mol. The van der Waals surface area contributed by atoms with E-state index in [0.717, 1.165) is 18.4 Å². The summed E-state index contributed by atoms with van der Waals surface area (Å²) < 4.78 is 26.5. The summed E-state index contributed by atoms with van der Waals surface area (Å²) in [6.07, 6.45) is 1.88. The lowest BCUT2D eigenvalue weighted by Gasteiger charge is -2.15. The van der Waals surface area contributed by atoms with Crippen LogP contribution in [0, 0.1) is 6.92 Å². The van der Waals surface area contributed by atoms with Gasteiger partial charge < -0.3 is 10.6 Å². The molecule has 2 amide bonds. The molecule has 29 heavy (non-hydrogen) atoms. The average molecular weight is 416 g/mol. The fourth-order valence-corrected chi connectivity index (χ4v) is 4.71. The molecule has 0 spiro atoms. The number of nitrogens with one attached hydrogen (secondary N) is 2. The second kappa shape index (κ2) is 9.19. The van der Waals surface area contributed by atoms with Gasteiger partial charge in [-0.05, 0) is 56.2 Å². The standard InChI is InChI=1S/C21H25N3O4S/c1-16-5-4-6-17(15-16)21(26)22-12-11-20(25)23-18-7-9-19(10-8-18)29(27,28)24-13-2-3-14-24/h4-10,15H,2-3,11-14H2,1H3,(H,22,26)(H,23,25). The van der Waals surface area contributed by atoms with Crippen LogP contribution in [0.2, 0.25) is 0 Å². The Hall–Kier alpha value is -2.71. The van der Waals surface area contributed by atoms with Crippen molar-refractivity contribution in [3.63, 3.8) is 0 Å². The number of carbonyl (C=O) groups is 2. The van der Waals surface area contributed by atoms with Crippen LogP contribution in [0.3, 0.4) is 0 Å². The van der Waals surface area contributed by atoms with E-state index < -0.39 is 10.0 Å². The number of anilines is 1. The molecule has 1 saturated heterocycles. The highest BCUT2D eigenvalue weighted by atomic mass is 32.2. The van der Waals surface area contributed by atoms with Crippen molar-refractivity contribution in [1.29, 1.82) is 0 Å². The molecule has 0 bridgehead atoms. The van der Waals surface area contributed by atoms with Crippen LogP contribution in [-0.4, -0.2) is 44.2 Å². The van der Waals surface area contributed by atoms with Crippen LogP contribution >= 0.6 is 0 Å². The van der Waals surface area contributed by atoms with Crippen LogP contribution in [0.4, 0.5) is 5.69 Å². The number of nitrogens with zero attached hydrogens (tertiary/aromatic N) is 1. The highest BCUT2D eigenvalue weighted by Gasteiger charge is 2.26. The van der Waals surface area contributed by atoms with Crippen LogP contribution < -0.4 is 10.6 Å². The molecule has 2 aromatic rings. The third kappa shape index (κ3) is 5.42. The van der Waals surface area contributed by atoms with Gasteiger partial charge in [0.2, 0.25) is 15.9 Å². The lowest BCUT2D eigenvalue weighted by molar-refractivity contribution is -0.116. The Kier molecular flexibility index (Phi) is 6.66. The molecule has 1 heterocycles. The lowest BCUT2D eigenvalue weighted by Crippen LogP contribution is -2.28. The number of carbonyl (C=O) groups excluding carboxylic acids is 2. The molecular formula is C21H25N3O4S. The third-order valence-corrected chi connectivity index (χ3v) is 6.67. The van der Waals surface area contributed by atoms with Crippen LogP contribution in [0.5, 0.6) is 0 Å². The Morgan fingerprint density at radius 2 is 1.72 bits per heavy atom. The zero-order valence-electron chi connectivity index (χ0n) is 16.3. The van der Waals surface area contributed by atoms with Crippen LogP contribution in [0.1, 0.15) is 35.2 Å². The smallest absolute Gasteiger partial charge is 0.251 e. The van der Waals surface area contributed by atoms with E-state index in [1.54, 1.807) is 24.3 Å². The molecule has 1 aliphatic heterocycles. The molecular weight excluding hydrogens is 390 g/mol. The van der Waals surface area contributed by atoms with Gasteiger partial charge in [-0.15, -0.1) is 0 Å². The van der Waals surface area contributed by atoms with Crippen molar-refractivity contribution < 1.29 is 18.0 Å². The highest BCUT2D eigenvalue weighted by Crippen LogP contribution is 2.22. The molecule has 1 aliphatic rings. The summed E-state index contributed by atoms with van der Waals surface area (Å²) in [5.74, 6) is -0.484. The first-order chi connectivity index (χ1) is 13.9. The normalized spacial score (nSPS) is 14.5. The second-order valence-corrected chi connectivity index (χ2v) is 9.00. The highest BCUT2D eigenvalue weighted by molar-refractivity contribution is 7.89. The summed E-state index contributed by atoms with van der Waals surface area (Å²) in [7, 11) is -3.46. The molecule has 0 atom stereocenters. The zero-order chi connectivity index (χ0) is 20.9. The van der Waals surface area contributed by atoms with Crippen LogP contribution in [-0.2, 0) is 14.8 Å². The molecule has 0 saturated carbocycles. The Morgan fingerprint density at radius 3 is 2.38 bits per heavy atom. The van der Waals surface area contributed by atoms with Crippen LogP contribution in [0.15, 0.2) is 53.4 Å². The van der Waals surface area contributed by atoms with Gasteiger partial charge in [-0.25, -0.2) is 8.42 Å². The maximum Gasteiger partial charge on any atom is 0.251 e. The number of rotatable bonds is 7. The second-order valence-electron chi connectivity index (χ2n) is 7.06. The first kappa shape index (κ1) is 21.0. The van der Waals surface area contributed by atoms with Crippen molar-refractivity contribution in [2.75, 3.05) is 25.0 Å². The third-order valence-electron chi connectivity index (χ3n) is 4.76. The topological polar surface area (TPSA) is 95.6 Å². The Balaban J connectivity index is 1.49. The summed E-state index contributed by atoms with van der Waals surface area (Å²) in [4.78, 5) is 24.4. The maximum absolute atomic E-state index is 12.5. The van der Waals surface area contributed by atoms with Crippen molar-refractivity contribution >= 4 is 27.5 Å². The van der Waals surface area contributed by atoms with Gasteiger partial charge >= 0.3 is 0 Å². The largest absolute Gasteiger partial charge is 0.352 e. The average Bonchev–Trinajstić information content (AvgIpc) is 3.24. The van der Waals surface area contributed by atoms with Gasteiger partial charge in [-0.1, -0.05) is 17.7 Å². The number of hydrogen-bond acceptors (Lipinski definition) is 4. The number of aryl methyl sites for hydroxylation is 1. The summed E-state index contributed by atoms with van der Waals surface area (Å²) in [5, 5.41) is 5.43. The van der Waals surface area contributed by atoms with Gasteiger partial charge in [0.25, 0.3) is 5.91 Å². The van der Waals surface area contributed by atoms with Crippen molar-refractivity contribution in [1.82, 2.24) is 9.62 Å². The molecule has 2 N–H and O–H groups in total. The first-order valence-electron chi connectivity index (χ1n) is 9.61. The molecule has 1 fully saturated rings. The van der Waals surface area contributed by atoms with E-state index in [1.165, 1.54) is 16.4 Å². The van der Waals surface area contributed by atoms with E-state index in [4.69, 9.17) is 0 Å². The molecule has 154 valence electrons. The molecule has 0 aliphatic carbocycles. The van der Waals surface area contributed by atoms with Gasteiger partial charge in [-0.2, -0.15) is 4.31 Å². The zero-order valence-corrected chi connectivity index (χ0v) is 17.2. The first-order valence-corrected chi connectivity index (χ1v) is 11.1. The van der Waals surface area contributed by atoms with Gasteiger partial charge in [0.05, 0.1) is 4.90 Å². The monoisotopic (exact) mass is 415 g/mol. The quantitative estimate of drug-likeness (QED) is 0.726. The minimum Gasteiger partial charge on any atom is -0.352 e. The minimum absolute atomic E-state index is 0.116. The number of sulfonamides is 1. The lowest BCUT2D eigenvalue weighted by atomic mass is 10.1. The number of benzene rings is 2. The Bertz CT molecular complexity index is 981. The van der Waals surface area contributed by atoms with Crippen molar-refractivity contribution in [2.45, 2.75) is 31.1 Å². The summed E-state index contributed by atoms with van der Waals surface area (Å²) in [6.45, 7) is 3.22. The molecule has 0 unspecified atom stereocenters. The molecule has 2 aromatic carbocycles.